The minimum Gasteiger partial charge on any atom is -0.350 e. The van der Waals surface area contributed by atoms with E-state index in [1.165, 1.54) is 4.88 Å². The average Bonchev–Trinajstić information content (AvgIpc) is 2.45. The third-order valence-corrected chi connectivity index (χ3v) is 3.24. The molecule has 0 fully saturated rings. The highest BCUT2D eigenvalue weighted by Gasteiger charge is 2.12. The van der Waals surface area contributed by atoms with E-state index < -0.39 is 0 Å². The zero-order valence-corrected chi connectivity index (χ0v) is 9.99. The summed E-state index contributed by atoms with van der Waals surface area (Å²) in [5.41, 5.74) is 0.827. The van der Waals surface area contributed by atoms with Crippen LogP contribution in [0.1, 0.15) is 40.4 Å². The van der Waals surface area contributed by atoms with Crippen molar-refractivity contribution in [3.63, 3.8) is 0 Å². The van der Waals surface area contributed by atoms with Crippen molar-refractivity contribution >= 4 is 17.2 Å². The molecule has 78 valence electrons. The van der Waals surface area contributed by atoms with Crippen molar-refractivity contribution in [3.05, 3.63) is 21.4 Å². The van der Waals surface area contributed by atoms with Gasteiger partial charge in [0.1, 0.15) is 0 Å². The molecule has 1 rings (SSSR count). The molecule has 1 atom stereocenters. The van der Waals surface area contributed by atoms with E-state index in [0.717, 1.165) is 16.9 Å². The van der Waals surface area contributed by atoms with Crippen LogP contribution in [-0.2, 0) is 0 Å². The Labute approximate surface area is 89.3 Å². The Bertz CT molecular complexity index is 330. The normalized spacial score (nSPS) is 12.6. The molecule has 0 saturated carbocycles. The van der Waals surface area contributed by atoms with Gasteiger partial charge in [-0.2, -0.15) is 0 Å². The number of hydrogen-bond acceptors (Lipinski definition) is 2. The van der Waals surface area contributed by atoms with Gasteiger partial charge in [0.25, 0.3) is 5.91 Å². The van der Waals surface area contributed by atoms with Crippen LogP contribution in [0.3, 0.4) is 0 Å². The molecule has 0 bridgehead atoms. The molecule has 2 nitrogen and oxygen atoms in total. The predicted octanol–water partition coefficient (Wildman–Crippen LogP) is 2.89. The molecule has 1 heterocycles. The van der Waals surface area contributed by atoms with Crippen molar-refractivity contribution in [1.29, 1.82) is 0 Å². The first kappa shape index (κ1) is 11.2. The Morgan fingerprint density at radius 3 is 2.64 bits per heavy atom. The fourth-order valence-corrected chi connectivity index (χ4v) is 2.18. The molecule has 0 spiro atoms. The van der Waals surface area contributed by atoms with Gasteiger partial charge >= 0.3 is 0 Å². The van der Waals surface area contributed by atoms with E-state index in [-0.39, 0.29) is 11.9 Å². The molecule has 1 amide bonds. The van der Waals surface area contributed by atoms with Crippen molar-refractivity contribution in [2.45, 2.75) is 40.2 Å². The number of hydrogen-bond donors (Lipinski definition) is 1. The molecule has 1 unspecified atom stereocenters. The molecular formula is C11H17NOS. The van der Waals surface area contributed by atoms with Crippen molar-refractivity contribution < 1.29 is 4.79 Å². The van der Waals surface area contributed by atoms with E-state index in [1.54, 1.807) is 11.3 Å². The van der Waals surface area contributed by atoms with Gasteiger partial charge in [-0.05, 0) is 33.3 Å². The summed E-state index contributed by atoms with van der Waals surface area (Å²) < 4.78 is 0. The largest absolute Gasteiger partial charge is 0.350 e. The number of thiophene rings is 1. The Balaban J connectivity index is 2.74. The van der Waals surface area contributed by atoms with Gasteiger partial charge in [0, 0.05) is 15.8 Å². The first-order chi connectivity index (χ1) is 6.54. The van der Waals surface area contributed by atoms with Gasteiger partial charge in [0.2, 0.25) is 0 Å². The highest BCUT2D eigenvalue weighted by molar-refractivity contribution is 7.12. The standard InChI is InChI=1S/C11H17NOS/c1-5-7(2)12-11(13)10-6-8(3)14-9(10)4/h6-7H,5H2,1-4H3,(H,12,13). The van der Waals surface area contributed by atoms with Crippen molar-refractivity contribution in [2.75, 3.05) is 0 Å². The van der Waals surface area contributed by atoms with Crippen LogP contribution in [0.5, 0.6) is 0 Å². The lowest BCUT2D eigenvalue weighted by atomic mass is 10.2. The van der Waals surface area contributed by atoms with Gasteiger partial charge in [0.15, 0.2) is 0 Å². The van der Waals surface area contributed by atoms with Crippen LogP contribution in [-0.4, -0.2) is 11.9 Å². The Morgan fingerprint density at radius 2 is 2.21 bits per heavy atom. The monoisotopic (exact) mass is 211 g/mol. The highest BCUT2D eigenvalue weighted by atomic mass is 32.1. The van der Waals surface area contributed by atoms with Gasteiger partial charge in [-0.25, -0.2) is 0 Å². The van der Waals surface area contributed by atoms with E-state index in [4.69, 9.17) is 0 Å². The minimum atomic E-state index is 0.0567. The molecule has 14 heavy (non-hydrogen) atoms. The highest BCUT2D eigenvalue weighted by Crippen LogP contribution is 2.20. The van der Waals surface area contributed by atoms with E-state index in [1.807, 2.05) is 26.8 Å². The van der Waals surface area contributed by atoms with E-state index in [2.05, 4.69) is 12.2 Å². The second kappa shape index (κ2) is 4.60. The number of nitrogens with one attached hydrogen (secondary N) is 1. The van der Waals surface area contributed by atoms with Crippen LogP contribution < -0.4 is 5.32 Å². The van der Waals surface area contributed by atoms with Gasteiger partial charge in [-0.15, -0.1) is 11.3 Å². The lowest BCUT2D eigenvalue weighted by Gasteiger charge is -2.10. The number of rotatable bonds is 3. The summed E-state index contributed by atoms with van der Waals surface area (Å²) in [6, 6.07) is 2.21. The van der Waals surface area contributed by atoms with Crippen molar-refractivity contribution in [2.24, 2.45) is 0 Å². The predicted molar refractivity (Wildman–Crippen MR) is 61.0 cm³/mol. The second-order valence-electron chi connectivity index (χ2n) is 3.61. The van der Waals surface area contributed by atoms with Crippen LogP contribution in [0.4, 0.5) is 0 Å². The van der Waals surface area contributed by atoms with Gasteiger partial charge in [-0.3, -0.25) is 4.79 Å². The third kappa shape index (κ3) is 2.58. The molecule has 0 radical (unpaired) electrons. The van der Waals surface area contributed by atoms with Crippen LogP contribution >= 0.6 is 11.3 Å². The maximum absolute atomic E-state index is 11.7. The number of amides is 1. The summed E-state index contributed by atoms with van der Waals surface area (Å²) in [7, 11) is 0. The maximum atomic E-state index is 11.7. The molecule has 1 aromatic rings. The summed E-state index contributed by atoms with van der Waals surface area (Å²) in [4.78, 5) is 14.0. The molecule has 0 aliphatic rings. The lowest BCUT2D eigenvalue weighted by molar-refractivity contribution is 0.0939. The summed E-state index contributed by atoms with van der Waals surface area (Å²) in [6.07, 6.45) is 0.966. The molecule has 0 aliphatic heterocycles. The zero-order valence-electron chi connectivity index (χ0n) is 9.18. The van der Waals surface area contributed by atoms with Gasteiger partial charge < -0.3 is 5.32 Å². The van der Waals surface area contributed by atoms with E-state index >= 15 is 0 Å². The quantitative estimate of drug-likeness (QED) is 0.818. The number of carbonyl (C=O) groups is 1. The van der Waals surface area contributed by atoms with Crippen LogP contribution in [0.25, 0.3) is 0 Å². The minimum absolute atomic E-state index is 0.0567. The summed E-state index contributed by atoms with van der Waals surface area (Å²) in [6.45, 7) is 8.10. The third-order valence-electron chi connectivity index (χ3n) is 2.28. The molecule has 0 aromatic carbocycles. The number of aryl methyl sites for hydroxylation is 2. The first-order valence-corrected chi connectivity index (χ1v) is 5.74. The summed E-state index contributed by atoms with van der Waals surface area (Å²) >= 11 is 1.67. The van der Waals surface area contributed by atoms with Crippen molar-refractivity contribution in [1.82, 2.24) is 5.32 Å². The van der Waals surface area contributed by atoms with Crippen LogP contribution in [0.15, 0.2) is 6.07 Å². The molecule has 0 aliphatic carbocycles. The number of carbonyl (C=O) groups excluding carboxylic acids is 1. The smallest absolute Gasteiger partial charge is 0.252 e. The SMILES string of the molecule is CCC(C)NC(=O)c1cc(C)sc1C. The molecule has 0 saturated heterocycles. The fourth-order valence-electron chi connectivity index (χ4n) is 1.26. The Morgan fingerprint density at radius 1 is 1.57 bits per heavy atom. The second-order valence-corrected chi connectivity index (χ2v) is 5.07. The van der Waals surface area contributed by atoms with E-state index in [9.17, 15) is 4.79 Å². The first-order valence-electron chi connectivity index (χ1n) is 4.92. The molecule has 3 heteroatoms. The van der Waals surface area contributed by atoms with Crippen molar-refractivity contribution in [3.8, 4) is 0 Å². The zero-order chi connectivity index (χ0) is 10.7. The fraction of sp³-hybridized carbons (Fsp3) is 0.545. The molecule has 1 N–H and O–H groups in total. The van der Waals surface area contributed by atoms with Crippen LogP contribution in [0, 0.1) is 13.8 Å². The molecule has 1 aromatic heterocycles. The van der Waals surface area contributed by atoms with E-state index in [0.29, 0.717) is 0 Å². The van der Waals surface area contributed by atoms with Gasteiger partial charge in [0.05, 0.1) is 5.56 Å². The lowest BCUT2D eigenvalue weighted by Crippen LogP contribution is -2.31. The Kier molecular flexibility index (Phi) is 3.69. The van der Waals surface area contributed by atoms with Gasteiger partial charge in [-0.1, -0.05) is 6.92 Å². The summed E-state index contributed by atoms with van der Waals surface area (Å²) in [5.74, 6) is 0.0567. The average molecular weight is 211 g/mol. The Hall–Kier alpha value is -0.830. The summed E-state index contributed by atoms with van der Waals surface area (Å²) in [5, 5.41) is 2.97. The maximum Gasteiger partial charge on any atom is 0.252 e. The molecular weight excluding hydrogens is 194 g/mol. The topological polar surface area (TPSA) is 29.1 Å². The van der Waals surface area contributed by atoms with Crippen LogP contribution in [0.2, 0.25) is 0 Å².